The first kappa shape index (κ1) is 6.87. The van der Waals surface area contributed by atoms with Crippen molar-refractivity contribution in [2.24, 2.45) is 0 Å². The number of hydrogen-bond acceptors (Lipinski definition) is 1. The first-order valence-electron chi connectivity index (χ1n) is 3.20. The summed E-state index contributed by atoms with van der Waals surface area (Å²) < 4.78 is 0. The van der Waals surface area contributed by atoms with Crippen molar-refractivity contribution in [1.29, 1.82) is 0 Å². The zero-order chi connectivity index (χ0) is 6.69. The molecule has 1 unspecified atom stereocenters. The second-order valence-corrected chi connectivity index (χ2v) is 2.91. The molecular formula is C6H10ClNO. The molecule has 0 spiro atoms. The monoisotopic (exact) mass is 147 g/mol. The van der Waals surface area contributed by atoms with Crippen molar-refractivity contribution in [2.45, 2.75) is 24.6 Å². The van der Waals surface area contributed by atoms with Gasteiger partial charge in [-0.15, -0.1) is 11.6 Å². The van der Waals surface area contributed by atoms with E-state index >= 15 is 0 Å². The van der Waals surface area contributed by atoms with Gasteiger partial charge in [-0.1, -0.05) is 0 Å². The first-order chi connectivity index (χ1) is 4.29. The summed E-state index contributed by atoms with van der Waals surface area (Å²) in [6.45, 7) is 0.794. The van der Waals surface area contributed by atoms with Crippen molar-refractivity contribution >= 4 is 17.5 Å². The molecule has 0 aromatic carbocycles. The predicted octanol–water partition coefficient (Wildman–Crippen LogP) is 0.894. The molecular weight excluding hydrogens is 138 g/mol. The number of hydrogen-bond donors (Lipinski definition) is 1. The highest BCUT2D eigenvalue weighted by atomic mass is 35.5. The van der Waals surface area contributed by atoms with E-state index in [0.717, 1.165) is 19.4 Å². The van der Waals surface area contributed by atoms with E-state index in [9.17, 15) is 4.79 Å². The molecule has 0 radical (unpaired) electrons. The minimum absolute atomic E-state index is 0.0625. The summed E-state index contributed by atoms with van der Waals surface area (Å²) in [5, 5.41) is 2.81. The highest BCUT2D eigenvalue weighted by molar-refractivity contribution is 6.21. The predicted molar refractivity (Wildman–Crippen MR) is 36.5 cm³/mol. The van der Waals surface area contributed by atoms with Crippen molar-refractivity contribution in [3.63, 3.8) is 0 Å². The molecule has 0 aromatic heterocycles. The molecule has 2 nitrogen and oxygen atoms in total. The lowest BCUT2D eigenvalue weighted by Gasteiger charge is -1.98. The summed E-state index contributed by atoms with van der Waals surface area (Å²) in [5.74, 6) is 0.0903. The van der Waals surface area contributed by atoms with Crippen LogP contribution < -0.4 is 5.32 Å². The van der Waals surface area contributed by atoms with Crippen LogP contribution in [-0.2, 0) is 4.79 Å². The maximum absolute atomic E-state index is 10.7. The van der Waals surface area contributed by atoms with Crippen LogP contribution in [0.1, 0.15) is 19.3 Å². The average Bonchev–Trinajstić information content (AvgIpc) is 1.93. The minimum atomic E-state index is 0.0625. The number of rotatable bonds is 0. The molecule has 1 heterocycles. The smallest absolute Gasteiger partial charge is 0.221 e. The van der Waals surface area contributed by atoms with Gasteiger partial charge >= 0.3 is 0 Å². The third-order valence-electron chi connectivity index (χ3n) is 1.42. The van der Waals surface area contributed by atoms with Gasteiger partial charge in [0.1, 0.15) is 0 Å². The second kappa shape index (κ2) is 3.06. The highest BCUT2D eigenvalue weighted by Crippen LogP contribution is 2.11. The molecule has 52 valence electrons. The van der Waals surface area contributed by atoms with Crippen LogP contribution in [0.5, 0.6) is 0 Å². The molecule has 0 aliphatic carbocycles. The summed E-state index contributed by atoms with van der Waals surface area (Å²) in [7, 11) is 0. The van der Waals surface area contributed by atoms with E-state index < -0.39 is 0 Å². The molecule has 0 bridgehead atoms. The Labute approximate surface area is 59.6 Å². The summed E-state index contributed by atoms with van der Waals surface area (Å²) in [4.78, 5) is 10.7. The van der Waals surface area contributed by atoms with Gasteiger partial charge in [-0.3, -0.25) is 4.79 Å². The lowest BCUT2D eigenvalue weighted by Crippen LogP contribution is -2.22. The van der Waals surface area contributed by atoms with E-state index in [-0.39, 0.29) is 11.3 Å². The van der Waals surface area contributed by atoms with Crippen LogP contribution in [-0.4, -0.2) is 17.8 Å². The van der Waals surface area contributed by atoms with Crippen LogP contribution in [0.3, 0.4) is 0 Å². The Bertz CT molecular complexity index is 116. The van der Waals surface area contributed by atoms with Crippen LogP contribution in [0.2, 0.25) is 0 Å². The van der Waals surface area contributed by atoms with Gasteiger partial charge in [0.25, 0.3) is 0 Å². The maximum atomic E-state index is 10.7. The van der Waals surface area contributed by atoms with Gasteiger partial charge in [-0.05, 0) is 12.8 Å². The van der Waals surface area contributed by atoms with Crippen LogP contribution >= 0.6 is 11.6 Å². The Kier molecular flexibility index (Phi) is 2.34. The molecule has 0 aromatic rings. The fourth-order valence-electron chi connectivity index (χ4n) is 0.927. The Morgan fingerprint density at radius 2 is 2.44 bits per heavy atom. The number of amides is 1. The fraction of sp³-hybridized carbons (Fsp3) is 0.833. The first-order valence-corrected chi connectivity index (χ1v) is 3.63. The minimum Gasteiger partial charge on any atom is -0.356 e. The lowest BCUT2D eigenvalue weighted by molar-refractivity contribution is -0.120. The Morgan fingerprint density at radius 3 is 3.22 bits per heavy atom. The molecule has 9 heavy (non-hydrogen) atoms. The van der Waals surface area contributed by atoms with Gasteiger partial charge < -0.3 is 5.32 Å². The van der Waals surface area contributed by atoms with Crippen molar-refractivity contribution in [1.82, 2.24) is 5.32 Å². The molecule has 1 aliphatic heterocycles. The topological polar surface area (TPSA) is 29.1 Å². The van der Waals surface area contributed by atoms with Crippen LogP contribution in [0.25, 0.3) is 0 Å². The summed E-state index contributed by atoms with van der Waals surface area (Å²) in [5.41, 5.74) is 0. The average molecular weight is 148 g/mol. The van der Waals surface area contributed by atoms with Gasteiger partial charge in [0.15, 0.2) is 0 Å². The van der Waals surface area contributed by atoms with Crippen molar-refractivity contribution in [2.75, 3.05) is 6.54 Å². The van der Waals surface area contributed by atoms with E-state index in [1.54, 1.807) is 0 Å². The number of carbonyl (C=O) groups excluding carboxylic acids is 1. The summed E-state index contributed by atoms with van der Waals surface area (Å²) in [6.07, 6.45) is 2.46. The Morgan fingerprint density at radius 1 is 1.67 bits per heavy atom. The Hall–Kier alpha value is -0.240. The quantitative estimate of drug-likeness (QED) is 0.507. The number of carbonyl (C=O) groups is 1. The lowest BCUT2D eigenvalue weighted by atomic mass is 10.2. The Balaban J connectivity index is 2.37. The molecule has 1 fully saturated rings. The summed E-state index contributed by atoms with van der Waals surface area (Å²) in [6, 6.07) is 0. The van der Waals surface area contributed by atoms with Gasteiger partial charge in [-0.25, -0.2) is 0 Å². The third kappa shape index (κ3) is 2.22. The van der Waals surface area contributed by atoms with Crippen LogP contribution in [0, 0.1) is 0 Å². The molecule has 1 amide bonds. The molecule has 3 heteroatoms. The third-order valence-corrected chi connectivity index (χ3v) is 1.80. The summed E-state index contributed by atoms with van der Waals surface area (Å²) >= 11 is 5.76. The van der Waals surface area contributed by atoms with Crippen LogP contribution in [0.4, 0.5) is 0 Å². The van der Waals surface area contributed by atoms with E-state index in [0.29, 0.717) is 6.42 Å². The van der Waals surface area contributed by atoms with Gasteiger partial charge in [0.05, 0.1) is 0 Å². The number of halogens is 1. The molecule has 1 aliphatic rings. The van der Waals surface area contributed by atoms with Gasteiger partial charge in [0, 0.05) is 18.3 Å². The van der Waals surface area contributed by atoms with Crippen LogP contribution in [0.15, 0.2) is 0 Å². The van der Waals surface area contributed by atoms with Crippen molar-refractivity contribution < 1.29 is 4.79 Å². The standard InChI is InChI=1S/C6H10ClNO/c7-5-2-1-3-8-6(9)4-5/h5H,1-4H2,(H,8,9). The largest absolute Gasteiger partial charge is 0.356 e. The van der Waals surface area contributed by atoms with Gasteiger partial charge in [0.2, 0.25) is 5.91 Å². The van der Waals surface area contributed by atoms with Crippen molar-refractivity contribution in [3.05, 3.63) is 0 Å². The highest BCUT2D eigenvalue weighted by Gasteiger charge is 2.13. The fourth-order valence-corrected chi connectivity index (χ4v) is 1.22. The molecule has 1 rings (SSSR count). The van der Waals surface area contributed by atoms with E-state index in [4.69, 9.17) is 11.6 Å². The van der Waals surface area contributed by atoms with Crippen molar-refractivity contribution in [3.8, 4) is 0 Å². The zero-order valence-electron chi connectivity index (χ0n) is 5.19. The second-order valence-electron chi connectivity index (χ2n) is 2.29. The SMILES string of the molecule is O=C1CC(Cl)CCCN1. The van der Waals surface area contributed by atoms with E-state index in [1.807, 2.05) is 0 Å². The molecule has 1 N–H and O–H groups in total. The maximum Gasteiger partial charge on any atom is 0.221 e. The molecule has 1 atom stereocenters. The van der Waals surface area contributed by atoms with E-state index in [1.165, 1.54) is 0 Å². The van der Waals surface area contributed by atoms with E-state index in [2.05, 4.69) is 5.32 Å². The number of nitrogens with one attached hydrogen (secondary N) is 1. The zero-order valence-corrected chi connectivity index (χ0v) is 5.95. The molecule has 1 saturated heterocycles. The molecule has 0 saturated carbocycles. The normalized spacial score (nSPS) is 29.0. The van der Waals surface area contributed by atoms with Gasteiger partial charge in [-0.2, -0.15) is 0 Å². The number of alkyl halides is 1.